The van der Waals surface area contributed by atoms with E-state index in [9.17, 15) is 14.4 Å². The second kappa shape index (κ2) is 12.9. The number of benzene rings is 2. The van der Waals surface area contributed by atoms with Gasteiger partial charge in [-0.05, 0) is 86.6 Å². The number of halogens is 1. The van der Waals surface area contributed by atoms with Crippen LogP contribution in [-0.2, 0) is 22.4 Å². The molecule has 0 radical (unpaired) electrons. The molecule has 8 nitrogen and oxygen atoms in total. The van der Waals surface area contributed by atoms with Crippen molar-refractivity contribution in [2.24, 2.45) is 11.0 Å². The molecule has 0 saturated heterocycles. The molecular weight excluding hydrogens is 538 g/mol. The lowest BCUT2D eigenvalue weighted by Crippen LogP contribution is -2.33. The first-order valence-corrected chi connectivity index (χ1v) is 13.9. The topological polar surface area (TPSA) is 106 Å². The van der Waals surface area contributed by atoms with Crippen LogP contribution in [0, 0.1) is 5.92 Å². The number of esters is 1. The summed E-state index contributed by atoms with van der Waals surface area (Å²) in [7, 11) is 0. The Kier molecular flexibility index (Phi) is 9.37. The molecule has 1 heterocycles. The number of hydrogen-bond acceptors (Lipinski definition) is 7. The monoisotopic (exact) mass is 567 g/mol. The molecule has 4 rings (SSSR count). The number of nitrogens with zero attached hydrogens (tertiary/aromatic N) is 1. The van der Waals surface area contributed by atoms with Gasteiger partial charge in [-0.2, -0.15) is 5.10 Å². The predicted octanol–water partition coefficient (Wildman–Crippen LogP) is 5.87. The maximum Gasteiger partial charge on any atom is 0.341 e. The predicted molar refractivity (Wildman–Crippen MR) is 153 cm³/mol. The van der Waals surface area contributed by atoms with E-state index in [2.05, 4.69) is 22.8 Å². The van der Waals surface area contributed by atoms with Crippen LogP contribution < -0.4 is 15.5 Å². The fourth-order valence-corrected chi connectivity index (χ4v) is 5.71. The van der Waals surface area contributed by atoms with Crippen molar-refractivity contribution in [3.63, 3.8) is 0 Å². The Labute approximate surface area is 236 Å². The molecule has 1 aliphatic carbocycles. The van der Waals surface area contributed by atoms with Gasteiger partial charge < -0.3 is 14.8 Å². The van der Waals surface area contributed by atoms with Crippen molar-refractivity contribution in [2.75, 3.05) is 11.9 Å². The first-order valence-electron chi connectivity index (χ1n) is 12.7. The van der Waals surface area contributed by atoms with Crippen molar-refractivity contribution in [2.45, 2.75) is 46.1 Å². The summed E-state index contributed by atoms with van der Waals surface area (Å²) < 4.78 is 11.0. The summed E-state index contributed by atoms with van der Waals surface area (Å²) in [6.07, 6.45) is 3.36. The van der Waals surface area contributed by atoms with E-state index in [-0.39, 0.29) is 12.5 Å². The third-order valence-corrected chi connectivity index (χ3v) is 7.70. The normalized spacial score (nSPS) is 15.3. The third-order valence-electron chi connectivity index (χ3n) is 6.28. The van der Waals surface area contributed by atoms with Crippen LogP contribution in [0.4, 0.5) is 5.00 Å². The van der Waals surface area contributed by atoms with Crippen molar-refractivity contribution in [1.82, 2.24) is 5.43 Å². The molecule has 2 N–H and O–H groups in total. The van der Waals surface area contributed by atoms with Crippen LogP contribution in [0.1, 0.15) is 63.9 Å². The number of carbonyl (C=O) groups is 3. The van der Waals surface area contributed by atoms with Crippen molar-refractivity contribution in [3.8, 4) is 5.75 Å². The average molecular weight is 568 g/mol. The van der Waals surface area contributed by atoms with Gasteiger partial charge in [0, 0.05) is 15.5 Å². The zero-order valence-electron chi connectivity index (χ0n) is 22.0. The molecule has 2 aromatic carbocycles. The van der Waals surface area contributed by atoms with E-state index in [1.165, 1.54) is 17.6 Å². The highest BCUT2D eigenvalue weighted by atomic mass is 35.5. The van der Waals surface area contributed by atoms with E-state index < -0.39 is 18.0 Å². The van der Waals surface area contributed by atoms with Gasteiger partial charge in [0.25, 0.3) is 11.8 Å². The van der Waals surface area contributed by atoms with Crippen LogP contribution in [0.3, 0.4) is 0 Å². The summed E-state index contributed by atoms with van der Waals surface area (Å²) in [4.78, 5) is 39.2. The number of ether oxygens (including phenoxy) is 2. The molecule has 10 heteroatoms. The molecule has 1 aromatic heterocycles. The van der Waals surface area contributed by atoms with Gasteiger partial charge in [-0.15, -0.1) is 11.3 Å². The van der Waals surface area contributed by atoms with Gasteiger partial charge in [-0.25, -0.2) is 10.2 Å². The summed E-state index contributed by atoms with van der Waals surface area (Å²) in [5, 5.41) is 7.97. The van der Waals surface area contributed by atoms with E-state index in [0.29, 0.717) is 32.8 Å². The van der Waals surface area contributed by atoms with E-state index in [1.807, 2.05) is 0 Å². The molecule has 0 spiro atoms. The van der Waals surface area contributed by atoms with Gasteiger partial charge in [0.05, 0.1) is 18.4 Å². The summed E-state index contributed by atoms with van der Waals surface area (Å²) in [5.41, 5.74) is 5.07. The third kappa shape index (κ3) is 7.25. The van der Waals surface area contributed by atoms with Gasteiger partial charge in [-0.3, -0.25) is 9.59 Å². The molecule has 0 saturated carbocycles. The smallest absolute Gasteiger partial charge is 0.341 e. The largest absolute Gasteiger partial charge is 0.481 e. The first kappa shape index (κ1) is 28.3. The van der Waals surface area contributed by atoms with Gasteiger partial charge in [-0.1, -0.05) is 30.7 Å². The van der Waals surface area contributed by atoms with E-state index in [1.54, 1.807) is 62.4 Å². The highest BCUT2D eigenvalue weighted by molar-refractivity contribution is 7.17. The Morgan fingerprint density at radius 1 is 1.15 bits per heavy atom. The second-order valence-corrected chi connectivity index (χ2v) is 10.8. The molecule has 204 valence electrons. The zero-order chi connectivity index (χ0) is 27.9. The summed E-state index contributed by atoms with van der Waals surface area (Å²) >= 11 is 7.30. The standard InChI is InChI=1S/C29H30ClN3O5S/c1-4-37-29(36)25-23-14-5-17(2)15-24(23)39-28(25)32-27(35)20-8-12-22(13-9-20)38-18(3)26(34)33-31-16-19-6-10-21(30)11-7-19/h6-13,16-18H,4-5,14-15H2,1-3H3,(H,32,35)(H,33,34)/b31-16-/t17-,18-/m1/s1. The van der Waals surface area contributed by atoms with Crippen LogP contribution in [0.15, 0.2) is 53.6 Å². The maximum absolute atomic E-state index is 13.0. The molecule has 0 unspecified atom stereocenters. The van der Waals surface area contributed by atoms with Crippen LogP contribution >= 0.6 is 22.9 Å². The lowest BCUT2D eigenvalue weighted by atomic mass is 9.88. The number of anilines is 1. The highest BCUT2D eigenvalue weighted by Gasteiger charge is 2.29. The SMILES string of the molecule is CCOC(=O)c1c(NC(=O)c2ccc(O[C@H](C)C(=O)N/N=C\c3ccc(Cl)cc3)cc2)sc2c1CC[C@@H](C)C2. The van der Waals surface area contributed by atoms with Crippen molar-refractivity contribution < 1.29 is 23.9 Å². The fraction of sp³-hybridized carbons (Fsp3) is 0.310. The van der Waals surface area contributed by atoms with Crippen LogP contribution in [0.5, 0.6) is 5.75 Å². The van der Waals surface area contributed by atoms with Crippen LogP contribution in [0.2, 0.25) is 5.02 Å². The van der Waals surface area contributed by atoms with Crippen molar-refractivity contribution >= 4 is 51.9 Å². The van der Waals surface area contributed by atoms with Gasteiger partial charge in [0.2, 0.25) is 0 Å². The first-order chi connectivity index (χ1) is 18.7. The molecule has 0 bridgehead atoms. The quantitative estimate of drug-likeness (QED) is 0.191. The fourth-order valence-electron chi connectivity index (χ4n) is 4.19. The Bertz CT molecular complexity index is 1370. The summed E-state index contributed by atoms with van der Waals surface area (Å²) in [6.45, 7) is 5.82. The molecule has 1 aliphatic rings. The molecule has 39 heavy (non-hydrogen) atoms. The Balaban J connectivity index is 1.37. The number of hydrazone groups is 1. The molecule has 2 atom stereocenters. The van der Waals surface area contributed by atoms with E-state index in [0.717, 1.165) is 35.3 Å². The minimum absolute atomic E-state index is 0.264. The summed E-state index contributed by atoms with van der Waals surface area (Å²) in [6, 6.07) is 13.5. The van der Waals surface area contributed by atoms with Gasteiger partial charge in [0.1, 0.15) is 10.8 Å². The lowest BCUT2D eigenvalue weighted by Gasteiger charge is -2.18. The van der Waals surface area contributed by atoms with Crippen LogP contribution in [0.25, 0.3) is 0 Å². The maximum atomic E-state index is 13.0. The second-order valence-electron chi connectivity index (χ2n) is 9.30. The number of rotatable bonds is 9. The molecular formula is C29H30ClN3O5S. The van der Waals surface area contributed by atoms with Crippen molar-refractivity contribution in [3.05, 3.63) is 80.7 Å². The number of thiophene rings is 1. The van der Waals surface area contributed by atoms with E-state index >= 15 is 0 Å². The zero-order valence-corrected chi connectivity index (χ0v) is 23.5. The summed E-state index contributed by atoms with van der Waals surface area (Å²) in [5.74, 6) is -0.232. The molecule has 0 fully saturated rings. The number of fused-ring (bicyclic) bond motifs is 1. The van der Waals surface area contributed by atoms with Gasteiger partial charge >= 0.3 is 5.97 Å². The number of nitrogens with one attached hydrogen (secondary N) is 2. The highest BCUT2D eigenvalue weighted by Crippen LogP contribution is 2.40. The molecule has 0 aliphatic heterocycles. The average Bonchev–Trinajstić information content (AvgIpc) is 3.27. The molecule has 3 aromatic rings. The van der Waals surface area contributed by atoms with Crippen molar-refractivity contribution in [1.29, 1.82) is 0 Å². The van der Waals surface area contributed by atoms with Crippen LogP contribution in [-0.4, -0.2) is 36.7 Å². The molecule has 2 amide bonds. The Hall–Kier alpha value is -3.69. The minimum Gasteiger partial charge on any atom is -0.481 e. The Morgan fingerprint density at radius 3 is 2.56 bits per heavy atom. The lowest BCUT2D eigenvalue weighted by molar-refractivity contribution is -0.127. The number of amides is 2. The Morgan fingerprint density at radius 2 is 1.87 bits per heavy atom. The number of carbonyl (C=O) groups excluding carboxylic acids is 3. The van der Waals surface area contributed by atoms with E-state index in [4.69, 9.17) is 21.1 Å². The minimum atomic E-state index is -0.820. The number of hydrogen-bond donors (Lipinski definition) is 2. The van der Waals surface area contributed by atoms with Gasteiger partial charge in [0.15, 0.2) is 6.10 Å².